The Bertz CT molecular complexity index is 899. The van der Waals surface area contributed by atoms with Gasteiger partial charge in [-0.15, -0.1) is 0 Å². The first kappa shape index (κ1) is 22.3. The number of nitrogens with two attached hydrogens (primary N) is 1. The van der Waals surface area contributed by atoms with E-state index in [1.165, 1.54) is 11.8 Å². The predicted molar refractivity (Wildman–Crippen MR) is 105 cm³/mol. The van der Waals surface area contributed by atoms with Crippen LogP contribution in [-0.2, 0) is 20.9 Å². The quantitative estimate of drug-likeness (QED) is 0.480. The van der Waals surface area contributed by atoms with Crippen molar-refractivity contribution < 1.29 is 32.4 Å². The summed E-state index contributed by atoms with van der Waals surface area (Å²) in [5.74, 6) is 0.121. The minimum Gasteiger partial charge on any atom is -0.435 e. The minimum atomic E-state index is -2.61. The molecule has 1 unspecified atom stereocenters. The molecule has 3 rings (SSSR count). The average molecular weight is 421 g/mol. The van der Waals surface area contributed by atoms with Crippen molar-refractivity contribution in [3.05, 3.63) is 48.2 Å². The van der Waals surface area contributed by atoms with E-state index < -0.39 is 29.6 Å². The van der Waals surface area contributed by atoms with Gasteiger partial charge in [-0.3, -0.25) is 23.6 Å². The number of pyridine rings is 1. The summed E-state index contributed by atoms with van der Waals surface area (Å²) in [4.78, 5) is 40.1. The van der Waals surface area contributed by atoms with Gasteiger partial charge in [-0.25, -0.2) is 9.78 Å². The van der Waals surface area contributed by atoms with E-state index in [1.54, 1.807) is 30.5 Å². The first-order valence-electron chi connectivity index (χ1n) is 8.30. The van der Waals surface area contributed by atoms with E-state index >= 15 is 0 Å². The van der Waals surface area contributed by atoms with Crippen molar-refractivity contribution in [1.82, 2.24) is 4.98 Å². The number of amides is 1. The van der Waals surface area contributed by atoms with Crippen LogP contribution in [0.15, 0.2) is 42.6 Å². The summed E-state index contributed by atoms with van der Waals surface area (Å²) in [6, 6.07) is 9.98. The van der Waals surface area contributed by atoms with E-state index in [9.17, 15) is 14.4 Å². The first-order valence-corrected chi connectivity index (χ1v) is 9.36. The molecule has 0 bridgehead atoms. The molecule has 0 saturated carbocycles. The van der Waals surface area contributed by atoms with Gasteiger partial charge in [0.2, 0.25) is 0 Å². The number of hydrogen-bond donors (Lipinski definition) is 3. The van der Waals surface area contributed by atoms with Gasteiger partial charge >= 0.3 is 6.09 Å². The van der Waals surface area contributed by atoms with E-state index in [4.69, 9.17) is 23.8 Å². The van der Waals surface area contributed by atoms with Gasteiger partial charge < -0.3 is 10.5 Å². The molecule has 4 N–H and O–H groups in total. The Kier molecular flexibility index (Phi) is 7.67. The maximum Gasteiger partial charge on any atom is 0.416 e. The van der Waals surface area contributed by atoms with E-state index in [-0.39, 0.29) is 12.3 Å². The van der Waals surface area contributed by atoms with Crippen molar-refractivity contribution in [2.75, 3.05) is 11.4 Å². The molecule has 154 valence electrons. The Labute approximate surface area is 168 Å². The average Bonchev–Trinajstić information content (AvgIpc) is 3.04. The molecule has 11 heteroatoms. The van der Waals surface area contributed by atoms with Crippen LogP contribution < -0.4 is 10.6 Å². The molecule has 0 radical (unpaired) electrons. The van der Waals surface area contributed by atoms with Gasteiger partial charge in [0.15, 0.2) is 11.9 Å². The van der Waals surface area contributed by atoms with E-state index in [2.05, 4.69) is 4.98 Å². The predicted octanol–water partition coefficient (Wildman–Crippen LogP) is 1.48. The van der Waals surface area contributed by atoms with Crippen LogP contribution in [0.1, 0.15) is 17.3 Å². The van der Waals surface area contributed by atoms with Gasteiger partial charge in [0.05, 0.1) is 6.04 Å². The Balaban J connectivity index is 0.000000687. The van der Waals surface area contributed by atoms with Gasteiger partial charge in [0, 0.05) is 23.9 Å². The van der Waals surface area contributed by atoms with E-state index in [0.29, 0.717) is 11.4 Å². The number of nitrogens with zero attached hydrogens (tertiary/aromatic N) is 2. The van der Waals surface area contributed by atoms with E-state index in [0.717, 1.165) is 17.4 Å². The third-order valence-corrected chi connectivity index (χ3v) is 4.12. The molecule has 0 aliphatic carbocycles. The number of carbonyl (C=O) groups excluding carboxylic acids is 3. The lowest BCUT2D eigenvalue weighted by Crippen LogP contribution is -2.45. The molecule has 1 aromatic heterocycles. The molecule has 0 spiro atoms. The summed E-state index contributed by atoms with van der Waals surface area (Å²) in [7, 11) is 0. The third kappa shape index (κ3) is 5.51. The van der Waals surface area contributed by atoms with Crippen molar-refractivity contribution in [2.24, 2.45) is 5.73 Å². The molecule has 1 aliphatic heterocycles. The number of benzene rings is 1. The second-order valence-corrected chi connectivity index (χ2v) is 6.43. The number of ketones is 1. The fourth-order valence-corrected chi connectivity index (χ4v) is 2.81. The highest BCUT2D eigenvalue weighted by Gasteiger charge is 2.44. The number of anilines is 1. The lowest BCUT2D eigenvalue weighted by molar-refractivity contribution is -0.124. The lowest BCUT2D eigenvalue weighted by atomic mass is 10.1. The Morgan fingerprint density at radius 2 is 1.83 bits per heavy atom. The molecule has 29 heavy (non-hydrogen) atoms. The summed E-state index contributed by atoms with van der Waals surface area (Å²) < 4.78 is 28.0. The van der Waals surface area contributed by atoms with Crippen LogP contribution in [0.4, 0.5) is 10.6 Å². The Hall–Kier alpha value is -2.99. The number of ether oxygens (including phenoxy) is 1. The number of rotatable bonds is 5. The largest absolute Gasteiger partial charge is 0.435 e. The van der Waals surface area contributed by atoms with Crippen LogP contribution in [-0.4, -0.2) is 55.2 Å². The van der Waals surface area contributed by atoms with E-state index in [1.807, 2.05) is 12.1 Å². The topological polar surface area (TPSA) is 160 Å². The molecule has 2 atom stereocenters. The fraction of sp³-hybridized carbons (Fsp3) is 0.222. The molecule has 1 saturated heterocycles. The minimum absolute atomic E-state index is 0.0899. The summed E-state index contributed by atoms with van der Waals surface area (Å²) in [5.41, 5.74) is 8.04. The lowest BCUT2D eigenvalue weighted by Gasteiger charge is -2.21. The number of aromatic nitrogens is 1. The number of cyclic esters (lactones) is 1. The molecular weight excluding hydrogens is 402 g/mol. The molecule has 10 nitrogen and oxygen atoms in total. The third-order valence-electron chi connectivity index (χ3n) is 4.12. The van der Waals surface area contributed by atoms with Crippen molar-refractivity contribution in [3.8, 4) is 11.1 Å². The van der Waals surface area contributed by atoms with Gasteiger partial charge in [0.1, 0.15) is 12.1 Å². The number of Topliss-reactive ketones (excluding diaryl/α,β-unsaturated/α-hetero) is 1. The van der Waals surface area contributed by atoms with Crippen LogP contribution in [0.5, 0.6) is 0 Å². The number of hydrogen-bond acceptors (Lipinski definition) is 7. The summed E-state index contributed by atoms with van der Waals surface area (Å²) in [6.07, 6.45) is 0.886. The van der Waals surface area contributed by atoms with Crippen LogP contribution in [0, 0.1) is 0 Å². The van der Waals surface area contributed by atoms with Crippen LogP contribution in [0.25, 0.3) is 11.1 Å². The highest BCUT2D eigenvalue weighted by molar-refractivity contribution is 7.73. The molecular formula is C18H19N3O7S. The fourth-order valence-electron chi connectivity index (χ4n) is 2.81. The van der Waals surface area contributed by atoms with Crippen LogP contribution in [0.2, 0.25) is 0 Å². The highest BCUT2D eigenvalue weighted by atomic mass is 32.2. The first-order chi connectivity index (χ1) is 13.8. The maximum atomic E-state index is 12.1. The highest BCUT2D eigenvalue weighted by Crippen LogP contribution is 2.27. The van der Waals surface area contributed by atoms with Crippen molar-refractivity contribution in [2.45, 2.75) is 19.1 Å². The van der Waals surface area contributed by atoms with Gasteiger partial charge in [-0.05, 0) is 24.6 Å². The molecule has 1 aliphatic rings. The number of carbonyl (C=O) groups is 3. The Morgan fingerprint density at radius 1 is 1.24 bits per heavy atom. The van der Waals surface area contributed by atoms with Crippen molar-refractivity contribution in [1.29, 1.82) is 0 Å². The van der Waals surface area contributed by atoms with Gasteiger partial charge in [-0.1, -0.05) is 24.3 Å². The maximum absolute atomic E-state index is 12.1. The molecule has 1 amide bonds. The molecule has 1 fully saturated rings. The molecule has 2 heterocycles. The smallest absolute Gasteiger partial charge is 0.416 e. The normalized spacial score (nSPS) is 18.1. The molecule has 1 aromatic carbocycles. The zero-order chi connectivity index (χ0) is 21.6. The van der Waals surface area contributed by atoms with Gasteiger partial charge in [-0.2, -0.15) is 4.21 Å². The van der Waals surface area contributed by atoms with Crippen LogP contribution in [0.3, 0.4) is 0 Å². The SMILES string of the molecule is CC(=O)[C@H]1OC(=O)N(c2ccc(-c3ccc(C=O)cc3)cn2)C1CN.O=S(O)O. The zero-order valence-corrected chi connectivity index (χ0v) is 16.1. The summed E-state index contributed by atoms with van der Waals surface area (Å²) >= 11 is -2.61. The second kappa shape index (κ2) is 9.98. The second-order valence-electron chi connectivity index (χ2n) is 5.96. The standard InChI is InChI=1S/C18H17N3O4.H2O3S/c1-11(23)17-15(8-19)21(18(24)25-17)16-7-6-14(9-20-16)13-4-2-12(10-22)3-5-13;1-4(2)3/h2-7,9-10,15,17H,8,19H2,1H3;(H2,1,2,3)/t15?,17-;/m1./s1. The van der Waals surface area contributed by atoms with Crippen LogP contribution >= 0.6 is 0 Å². The summed E-state index contributed by atoms with van der Waals surface area (Å²) in [5, 5.41) is 0. The number of aldehydes is 1. The monoisotopic (exact) mass is 421 g/mol. The van der Waals surface area contributed by atoms with Crippen molar-refractivity contribution >= 4 is 35.3 Å². The molecule has 2 aromatic rings. The summed E-state index contributed by atoms with van der Waals surface area (Å²) in [6.45, 7) is 1.45. The van der Waals surface area contributed by atoms with Gasteiger partial charge in [0.25, 0.3) is 11.4 Å². The van der Waals surface area contributed by atoms with Crippen molar-refractivity contribution in [3.63, 3.8) is 0 Å². The zero-order valence-electron chi connectivity index (χ0n) is 15.3. The Morgan fingerprint density at radius 3 is 2.28 bits per heavy atom.